The van der Waals surface area contributed by atoms with Gasteiger partial charge in [0.05, 0.1) is 0 Å². The maximum atomic E-state index is 10.4. The van der Waals surface area contributed by atoms with Crippen molar-refractivity contribution in [2.45, 2.75) is 52.7 Å². The molecule has 0 unspecified atom stereocenters. The van der Waals surface area contributed by atoms with Gasteiger partial charge in [-0.15, -0.1) is 0 Å². The minimum Gasteiger partial charge on any atom is -0.386 e. The van der Waals surface area contributed by atoms with Crippen LogP contribution in [0.15, 0.2) is 11.1 Å². The number of hydrogen-bond donors (Lipinski definition) is 2. The first-order chi connectivity index (χ1) is 6.07. The molecule has 2 N–H and O–H groups in total. The maximum absolute atomic E-state index is 10.4. The van der Waals surface area contributed by atoms with Gasteiger partial charge in [0, 0.05) is 10.8 Å². The number of hydrogen-bond acceptors (Lipinski definition) is 2. The average Bonchev–Trinajstić information content (AvgIpc) is 2.11. The molecule has 0 aromatic rings. The fourth-order valence-electron chi connectivity index (χ4n) is 4.05. The molecule has 0 aromatic carbocycles. The van der Waals surface area contributed by atoms with E-state index in [-0.39, 0.29) is 10.8 Å². The summed E-state index contributed by atoms with van der Waals surface area (Å²) in [5.74, 6) is 0. The summed E-state index contributed by atoms with van der Waals surface area (Å²) in [6.45, 7) is 11.7. The van der Waals surface area contributed by atoms with Gasteiger partial charge >= 0.3 is 0 Å². The molecule has 14 heavy (non-hydrogen) atoms. The van der Waals surface area contributed by atoms with Gasteiger partial charge in [0.25, 0.3) is 0 Å². The average molecular weight is 196 g/mol. The van der Waals surface area contributed by atoms with Crippen LogP contribution in [0.3, 0.4) is 0 Å². The summed E-state index contributed by atoms with van der Waals surface area (Å²) in [5.41, 5.74) is -0.0780. The Balaban J connectivity index is 2.65. The Morgan fingerprint density at radius 1 is 0.714 bits per heavy atom. The molecule has 0 saturated heterocycles. The zero-order valence-corrected chi connectivity index (χ0v) is 9.89. The standard InChI is InChI=1S/C12H20O2/c1-7-8(2)10(4)9(7,3)11(5,13)12(10,6)14/h13-14H,1-6H3/t9-,10+,11+,12-. The van der Waals surface area contributed by atoms with E-state index in [1.807, 2.05) is 13.8 Å². The van der Waals surface area contributed by atoms with Crippen molar-refractivity contribution in [3.8, 4) is 0 Å². The first-order valence-corrected chi connectivity index (χ1v) is 5.20. The van der Waals surface area contributed by atoms with Crippen molar-refractivity contribution in [2.24, 2.45) is 10.8 Å². The second-order valence-electron chi connectivity index (χ2n) is 5.64. The van der Waals surface area contributed by atoms with Gasteiger partial charge in [-0.25, -0.2) is 0 Å². The Hall–Kier alpha value is -0.340. The molecule has 2 aliphatic carbocycles. The molecule has 4 atom stereocenters. The van der Waals surface area contributed by atoms with E-state index in [2.05, 4.69) is 13.8 Å². The zero-order chi connectivity index (χ0) is 11.2. The Kier molecular flexibility index (Phi) is 1.42. The lowest BCUT2D eigenvalue weighted by atomic mass is 9.26. The van der Waals surface area contributed by atoms with E-state index in [4.69, 9.17) is 0 Å². The third kappa shape index (κ3) is 0.496. The Labute approximate surface area is 85.6 Å². The first-order valence-electron chi connectivity index (χ1n) is 5.20. The van der Waals surface area contributed by atoms with Gasteiger partial charge in [-0.3, -0.25) is 0 Å². The lowest BCUT2D eigenvalue weighted by Gasteiger charge is -2.81. The SMILES string of the molecule is CC1=C(C)[C@]2(C)[C@@](C)(O)[C@@](C)(O)[C@]12C. The van der Waals surface area contributed by atoms with Crippen LogP contribution in [-0.4, -0.2) is 21.4 Å². The molecule has 1 saturated carbocycles. The van der Waals surface area contributed by atoms with Gasteiger partial charge in [0.15, 0.2) is 0 Å². The molecule has 80 valence electrons. The van der Waals surface area contributed by atoms with E-state index < -0.39 is 11.2 Å². The molecule has 2 aliphatic rings. The normalized spacial score (nSPS) is 61.7. The monoisotopic (exact) mass is 196 g/mol. The fourth-order valence-corrected chi connectivity index (χ4v) is 4.05. The topological polar surface area (TPSA) is 40.5 Å². The van der Waals surface area contributed by atoms with Crippen LogP contribution < -0.4 is 0 Å². The van der Waals surface area contributed by atoms with Crippen LogP contribution in [0.25, 0.3) is 0 Å². The molecule has 0 aliphatic heterocycles. The van der Waals surface area contributed by atoms with Crippen molar-refractivity contribution < 1.29 is 10.2 Å². The lowest BCUT2D eigenvalue weighted by molar-refractivity contribution is -0.366. The number of fused-ring (bicyclic) bond motifs is 1. The molecule has 2 rings (SSSR count). The predicted octanol–water partition coefficient (Wildman–Crippen LogP) is 1.86. The van der Waals surface area contributed by atoms with Crippen LogP contribution in [0, 0.1) is 10.8 Å². The molecule has 2 heteroatoms. The number of aliphatic hydroxyl groups is 2. The maximum Gasteiger partial charge on any atom is 0.101 e. The summed E-state index contributed by atoms with van der Waals surface area (Å²) in [4.78, 5) is 0. The summed E-state index contributed by atoms with van der Waals surface area (Å²) < 4.78 is 0. The van der Waals surface area contributed by atoms with E-state index in [0.717, 1.165) is 0 Å². The highest BCUT2D eigenvalue weighted by Crippen LogP contribution is 2.80. The molecule has 1 fully saturated rings. The largest absolute Gasteiger partial charge is 0.386 e. The van der Waals surface area contributed by atoms with Gasteiger partial charge in [-0.05, 0) is 27.7 Å². The molecule has 2 nitrogen and oxygen atoms in total. The van der Waals surface area contributed by atoms with Crippen molar-refractivity contribution in [3.63, 3.8) is 0 Å². The Morgan fingerprint density at radius 2 is 0.929 bits per heavy atom. The highest BCUT2D eigenvalue weighted by atomic mass is 16.4. The highest BCUT2D eigenvalue weighted by molar-refractivity contribution is 5.55. The molecule has 0 spiro atoms. The van der Waals surface area contributed by atoms with Crippen molar-refractivity contribution in [3.05, 3.63) is 11.1 Å². The molecular weight excluding hydrogens is 176 g/mol. The lowest BCUT2D eigenvalue weighted by Crippen LogP contribution is -2.88. The smallest absolute Gasteiger partial charge is 0.101 e. The molecule has 0 heterocycles. The van der Waals surface area contributed by atoms with Gasteiger partial charge in [0.1, 0.15) is 11.2 Å². The third-order valence-corrected chi connectivity index (χ3v) is 5.96. The summed E-state index contributed by atoms with van der Waals surface area (Å²) in [6, 6.07) is 0. The van der Waals surface area contributed by atoms with Gasteiger partial charge in [-0.1, -0.05) is 25.0 Å². The van der Waals surface area contributed by atoms with Crippen LogP contribution in [0.2, 0.25) is 0 Å². The van der Waals surface area contributed by atoms with Crippen molar-refractivity contribution in [2.75, 3.05) is 0 Å². The van der Waals surface area contributed by atoms with Gasteiger partial charge in [-0.2, -0.15) is 0 Å². The van der Waals surface area contributed by atoms with E-state index in [0.29, 0.717) is 0 Å². The minimum atomic E-state index is -1.02. The van der Waals surface area contributed by atoms with Crippen LogP contribution in [0.1, 0.15) is 41.5 Å². The Morgan fingerprint density at radius 3 is 1.14 bits per heavy atom. The van der Waals surface area contributed by atoms with Crippen LogP contribution in [0.5, 0.6) is 0 Å². The molecule has 0 aromatic heterocycles. The van der Waals surface area contributed by atoms with E-state index in [1.54, 1.807) is 13.8 Å². The van der Waals surface area contributed by atoms with Gasteiger partial charge < -0.3 is 10.2 Å². The minimum absolute atomic E-state index is 0.256. The molecule has 0 amide bonds. The van der Waals surface area contributed by atoms with Crippen molar-refractivity contribution in [1.29, 1.82) is 0 Å². The van der Waals surface area contributed by atoms with E-state index in [9.17, 15) is 10.2 Å². The zero-order valence-electron chi connectivity index (χ0n) is 9.89. The Bertz CT molecular complexity index is 317. The van der Waals surface area contributed by atoms with Crippen molar-refractivity contribution >= 4 is 0 Å². The van der Waals surface area contributed by atoms with Gasteiger partial charge in [0.2, 0.25) is 0 Å². The number of rotatable bonds is 0. The van der Waals surface area contributed by atoms with Crippen LogP contribution >= 0.6 is 0 Å². The van der Waals surface area contributed by atoms with Crippen molar-refractivity contribution in [1.82, 2.24) is 0 Å². The molecular formula is C12H20O2. The third-order valence-electron chi connectivity index (χ3n) is 5.96. The van der Waals surface area contributed by atoms with Crippen LogP contribution in [0.4, 0.5) is 0 Å². The molecule has 0 radical (unpaired) electrons. The fraction of sp³-hybridized carbons (Fsp3) is 0.833. The van der Waals surface area contributed by atoms with E-state index in [1.165, 1.54) is 11.1 Å². The summed E-state index contributed by atoms with van der Waals surface area (Å²) in [7, 11) is 0. The van der Waals surface area contributed by atoms with E-state index >= 15 is 0 Å². The second-order valence-corrected chi connectivity index (χ2v) is 5.64. The summed E-state index contributed by atoms with van der Waals surface area (Å²) in [5, 5.41) is 20.7. The molecule has 0 bridgehead atoms. The summed E-state index contributed by atoms with van der Waals surface area (Å²) in [6.07, 6.45) is 0. The second kappa shape index (κ2) is 1.96. The quantitative estimate of drug-likeness (QED) is 0.581. The first kappa shape index (κ1) is 10.2. The predicted molar refractivity (Wildman–Crippen MR) is 55.8 cm³/mol. The van der Waals surface area contributed by atoms with Crippen LogP contribution in [-0.2, 0) is 0 Å². The highest BCUT2D eigenvalue weighted by Gasteiger charge is 2.85. The summed E-state index contributed by atoms with van der Waals surface area (Å²) >= 11 is 0.